The number of fused-ring (bicyclic) bond motifs is 1. The van der Waals surface area contributed by atoms with Crippen molar-refractivity contribution in [3.05, 3.63) is 23.0 Å². The molecule has 2 heterocycles. The average molecular weight is 394 g/mol. The lowest BCUT2D eigenvalue weighted by molar-refractivity contribution is -0.146. The second-order valence-corrected chi connectivity index (χ2v) is 8.13. The zero-order chi connectivity index (χ0) is 19.6. The van der Waals surface area contributed by atoms with E-state index in [2.05, 4.69) is 34.6 Å². The van der Waals surface area contributed by atoms with E-state index in [1.807, 2.05) is 19.9 Å². The monoisotopic (exact) mass is 393 g/mol. The van der Waals surface area contributed by atoms with Gasteiger partial charge in [-0.25, -0.2) is 4.98 Å². The highest BCUT2D eigenvalue weighted by molar-refractivity contribution is 6.33. The second kappa shape index (κ2) is 8.44. The molecule has 1 fully saturated rings. The summed E-state index contributed by atoms with van der Waals surface area (Å²) < 4.78 is 6.93. The predicted octanol–water partition coefficient (Wildman–Crippen LogP) is 3.38. The molecule has 2 aromatic rings. The molecule has 0 radical (unpaired) electrons. The van der Waals surface area contributed by atoms with Crippen LogP contribution in [-0.2, 0) is 9.53 Å². The fourth-order valence-electron chi connectivity index (χ4n) is 3.39. The number of hydrogen-bond acceptors (Lipinski definition) is 6. The number of carbonyl (C=O) groups excluding carboxylic acids is 1. The van der Waals surface area contributed by atoms with E-state index in [-0.39, 0.29) is 18.6 Å². The first kappa shape index (κ1) is 19.9. The van der Waals surface area contributed by atoms with Gasteiger partial charge in [0.15, 0.2) is 5.65 Å². The minimum Gasteiger partial charge on any atom is -0.462 e. The van der Waals surface area contributed by atoms with E-state index in [0.29, 0.717) is 28.7 Å². The maximum atomic E-state index is 11.7. The standard InChI is InChI=1S/C19H28ClN5O2/c1-11(2)16-8-17(25-19(24-16)15(20)9-22-25)23-14-6-5-13(7-14)21-10-18(26)27-12(3)4/h8-9,11-14,21,23H,5-7,10H2,1-4H3/t13-,14-/m1/s1. The van der Waals surface area contributed by atoms with Crippen LogP contribution in [0.1, 0.15) is 58.6 Å². The van der Waals surface area contributed by atoms with Gasteiger partial charge in [0.05, 0.1) is 18.8 Å². The summed E-state index contributed by atoms with van der Waals surface area (Å²) in [4.78, 5) is 16.3. The minimum atomic E-state index is -0.204. The number of nitrogens with one attached hydrogen (secondary N) is 2. The van der Waals surface area contributed by atoms with E-state index >= 15 is 0 Å². The Morgan fingerprint density at radius 2 is 2.07 bits per heavy atom. The molecule has 0 bridgehead atoms. The molecule has 0 amide bonds. The quantitative estimate of drug-likeness (QED) is 0.702. The molecule has 27 heavy (non-hydrogen) atoms. The predicted molar refractivity (Wildman–Crippen MR) is 106 cm³/mol. The molecule has 7 nitrogen and oxygen atoms in total. The summed E-state index contributed by atoms with van der Waals surface area (Å²) in [7, 11) is 0. The Kier molecular flexibility index (Phi) is 6.22. The van der Waals surface area contributed by atoms with E-state index in [1.165, 1.54) is 0 Å². The third-order valence-corrected chi connectivity index (χ3v) is 4.99. The van der Waals surface area contributed by atoms with Crippen molar-refractivity contribution < 1.29 is 9.53 Å². The molecule has 0 spiro atoms. The molecule has 1 aliphatic carbocycles. The van der Waals surface area contributed by atoms with Gasteiger partial charge >= 0.3 is 5.97 Å². The Bertz CT molecular complexity index is 805. The van der Waals surface area contributed by atoms with Gasteiger partial charge < -0.3 is 15.4 Å². The van der Waals surface area contributed by atoms with Crippen LogP contribution in [0.15, 0.2) is 12.3 Å². The highest BCUT2D eigenvalue weighted by Gasteiger charge is 2.26. The first-order valence-electron chi connectivity index (χ1n) is 9.57. The van der Waals surface area contributed by atoms with Gasteiger partial charge in [-0.05, 0) is 39.0 Å². The van der Waals surface area contributed by atoms with Crippen LogP contribution in [0.2, 0.25) is 5.02 Å². The first-order valence-corrected chi connectivity index (χ1v) is 9.95. The summed E-state index contributed by atoms with van der Waals surface area (Å²) in [5.74, 6) is 0.997. The molecule has 2 atom stereocenters. The zero-order valence-electron chi connectivity index (χ0n) is 16.3. The molecule has 0 aromatic carbocycles. The van der Waals surface area contributed by atoms with Crippen molar-refractivity contribution in [1.29, 1.82) is 0 Å². The largest absolute Gasteiger partial charge is 0.462 e. The summed E-state index contributed by atoms with van der Waals surface area (Å²) in [6.07, 6.45) is 4.51. The highest BCUT2D eigenvalue weighted by Crippen LogP contribution is 2.27. The summed E-state index contributed by atoms with van der Waals surface area (Å²) in [6, 6.07) is 2.64. The number of aromatic nitrogens is 3. The molecule has 2 N–H and O–H groups in total. The van der Waals surface area contributed by atoms with Crippen LogP contribution >= 0.6 is 11.6 Å². The van der Waals surface area contributed by atoms with Gasteiger partial charge in [0.2, 0.25) is 0 Å². The van der Waals surface area contributed by atoms with Crippen molar-refractivity contribution in [1.82, 2.24) is 19.9 Å². The van der Waals surface area contributed by atoms with E-state index < -0.39 is 0 Å². The molecule has 8 heteroatoms. The number of ether oxygens (including phenoxy) is 1. The van der Waals surface area contributed by atoms with Gasteiger partial charge in [-0.2, -0.15) is 9.61 Å². The third-order valence-electron chi connectivity index (χ3n) is 4.73. The molecule has 0 saturated heterocycles. The molecule has 148 valence electrons. The van der Waals surface area contributed by atoms with Gasteiger partial charge in [-0.3, -0.25) is 4.79 Å². The Morgan fingerprint density at radius 1 is 1.33 bits per heavy atom. The topological polar surface area (TPSA) is 80.5 Å². The van der Waals surface area contributed by atoms with Gasteiger partial charge in [-0.1, -0.05) is 25.4 Å². The number of esters is 1. The van der Waals surface area contributed by atoms with Crippen molar-refractivity contribution >= 4 is 29.0 Å². The van der Waals surface area contributed by atoms with Gasteiger partial charge in [0.1, 0.15) is 10.8 Å². The Labute approximate surface area is 164 Å². The molecule has 2 aromatic heterocycles. The summed E-state index contributed by atoms with van der Waals surface area (Å²) in [5.41, 5.74) is 1.66. The number of hydrogen-bond donors (Lipinski definition) is 2. The minimum absolute atomic E-state index is 0.0811. The Morgan fingerprint density at radius 3 is 2.78 bits per heavy atom. The molecular formula is C19H28ClN5O2. The molecular weight excluding hydrogens is 366 g/mol. The molecule has 1 aliphatic rings. The smallest absolute Gasteiger partial charge is 0.320 e. The van der Waals surface area contributed by atoms with Crippen LogP contribution in [0.4, 0.5) is 5.82 Å². The zero-order valence-corrected chi connectivity index (χ0v) is 17.1. The van der Waals surface area contributed by atoms with Crippen molar-refractivity contribution in [3.63, 3.8) is 0 Å². The molecule has 1 saturated carbocycles. The van der Waals surface area contributed by atoms with Gasteiger partial charge in [-0.15, -0.1) is 0 Å². The number of nitrogens with zero attached hydrogens (tertiary/aromatic N) is 3. The van der Waals surface area contributed by atoms with Crippen LogP contribution in [-0.4, -0.2) is 45.3 Å². The van der Waals surface area contributed by atoms with Crippen molar-refractivity contribution in [2.45, 2.75) is 71.1 Å². The third kappa shape index (κ3) is 4.90. The summed E-state index contributed by atoms with van der Waals surface area (Å²) >= 11 is 6.24. The molecule has 3 rings (SSSR count). The van der Waals surface area contributed by atoms with E-state index in [0.717, 1.165) is 30.8 Å². The first-order chi connectivity index (χ1) is 12.8. The van der Waals surface area contributed by atoms with Crippen LogP contribution in [0.5, 0.6) is 0 Å². The number of anilines is 1. The SMILES string of the molecule is CC(C)OC(=O)CN[C@@H]1CC[C@@H](Nc2cc(C(C)C)nc3c(Cl)cnn23)C1. The van der Waals surface area contributed by atoms with E-state index in [1.54, 1.807) is 10.7 Å². The summed E-state index contributed by atoms with van der Waals surface area (Å²) in [5, 5.41) is 11.8. The lowest BCUT2D eigenvalue weighted by atomic mass is 10.1. The lowest BCUT2D eigenvalue weighted by Gasteiger charge is -2.18. The fraction of sp³-hybridized carbons (Fsp3) is 0.632. The fourth-order valence-corrected chi connectivity index (χ4v) is 3.56. The maximum absolute atomic E-state index is 11.7. The maximum Gasteiger partial charge on any atom is 0.320 e. The van der Waals surface area contributed by atoms with Crippen molar-refractivity contribution in [2.75, 3.05) is 11.9 Å². The average Bonchev–Trinajstić information content (AvgIpc) is 3.19. The van der Waals surface area contributed by atoms with E-state index in [9.17, 15) is 4.79 Å². The normalized spacial score (nSPS) is 20.0. The van der Waals surface area contributed by atoms with Gasteiger partial charge in [0.25, 0.3) is 0 Å². The number of rotatable bonds is 7. The van der Waals surface area contributed by atoms with Crippen LogP contribution in [0.25, 0.3) is 5.65 Å². The van der Waals surface area contributed by atoms with Crippen molar-refractivity contribution in [3.8, 4) is 0 Å². The van der Waals surface area contributed by atoms with Crippen molar-refractivity contribution in [2.24, 2.45) is 0 Å². The van der Waals surface area contributed by atoms with Crippen LogP contribution < -0.4 is 10.6 Å². The van der Waals surface area contributed by atoms with Gasteiger partial charge in [0, 0.05) is 23.8 Å². The number of carbonyl (C=O) groups is 1. The highest BCUT2D eigenvalue weighted by atomic mass is 35.5. The Balaban J connectivity index is 1.64. The number of halogens is 1. The Hall–Kier alpha value is -1.86. The lowest BCUT2D eigenvalue weighted by Crippen LogP contribution is -2.34. The van der Waals surface area contributed by atoms with Crippen LogP contribution in [0, 0.1) is 0 Å². The summed E-state index contributed by atoms with van der Waals surface area (Å²) in [6.45, 7) is 8.18. The van der Waals surface area contributed by atoms with Crippen LogP contribution in [0.3, 0.4) is 0 Å². The second-order valence-electron chi connectivity index (χ2n) is 7.72. The molecule has 0 unspecified atom stereocenters. The molecule has 0 aliphatic heterocycles. The van der Waals surface area contributed by atoms with E-state index in [4.69, 9.17) is 16.3 Å².